The van der Waals surface area contributed by atoms with Crippen molar-refractivity contribution in [1.29, 1.82) is 0 Å². The van der Waals surface area contributed by atoms with E-state index in [9.17, 15) is 9.90 Å². The Morgan fingerprint density at radius 3 is 2.42 bits per heavy atom. The molecule has 0 aliphatic heterocycles. The molecule has 0 rings (SSSR count). The first-order valence-corrected chi connectivity index (χ1v) is 4.17. The summed E-state index contributed by atoms with van der Waals surface area (Å²) < 4.78 is 0. The van der Waals surface area contributed by atoms with Crippen molar-refractivity contribution >= 4 is 5.97 Å². The number of unbranched alkanes of at least 4 members (excludes halogenated alkanes) is 1. The first-order chi connectivity index (χ1) is 5.66. The van der Waals surface area contributed by atoms with Crippen molar-refractivity contribution in [1.82, 2.24) is 0 Å². The predicted octanol–water partition coefficient (Wildman–Crippen LogP) is 0.375. The minimum absolute atomic E-state index is 0.0142. The summed E-state index contributed by atoms with van der Waals surface area (Å²) in [6, 6.07) is 0. The smallest absolute Gasteiger partial charge is 0.303 e. The van der Waals surface area contributed by atoms with Gasteiger partial charge in [0.15, 0.2) is 0 Å². The summed E-state index contributed by atoms with van der Waals surface area (Å²) in [5.74, 6) is -0.879. The zero-order chi connectivity index (χ0) is 9.40. The van der Waals surface area contributed by atoms with E-state index in [0.717, 1.165) is 6.42 Å². The van der Waals surface area contributed by atoms with Crippen molar-refractivity contribution in [2.75, 3.05) is 6.61 Å². The lowest BCUT2D eigenvalue weighted by molar-refractivity contribution is -0.137. The number of carboxylic acid groups (broad SMARTS) is 1. The van der Waals surface area contributed by atoms with Gasteiger partial charge in [-0.05, 0) is 25.7 Å². The second-order valence-corrected chi connectivity index (χ2v) is 2.81. The molecule has 1 atom stereocenters. The molecule has 0 fully saturated rings. The van der Waals surface area contributed by atoms with Crippen molar-refractivity contribution in [2.45, 2.75) is 38.2 Å². The molecule has 12 heavy (non-hydrogen) atoms. The standard InChI is InChI=1S/C8H16O4/c9-6-2-1-3-7(10)4-5-8(11)12/h7,9-10H,1-6H2,(H,11,12). The van der Waals surface area contributed by atoms with E-state index in [1.165, 1.54) is 0 Å². The predicted molar refractivity (Wildman–Crippen MR) is 43.8 cm³/mol. The van der Waals surface area contributed by atoms with Crippen molar-refractivity contribution in [3.63, 3.8) is 0 Å². The van der Waals surface area contributed by atoms with Crippen LogP contribution in [0.15, 0.2) is 0 Å². The molecule has 0 aromatic heterocycles. The van der Waals surface area contributed by atoms with Gasteiger partial charge in [0.1, 0.15) is 0 Å². The van der Waals surface area contributed by atoms with Gasteiger partial charge in [-0.25, -0.2) is 0 Å². The van der Waals surface area contributed by atoms with Gasteiger partial charge in [0.2, 0.25) is 0 Å². The topological polar surface area (TPSA) is 77.8 Å². The zero-order valence-electron chi connectivity index (χ0n) is 7.07. The maximum absolute atomic E-state index is 10.1. The van der Waals surface area contributed by atoms with Crippen LogP contribution in [-0.2, 0) is 4.79 Å². The minimum Gasteiger partial charge on any atom is -0.481 e. The Morgan fingerprint density at radius 1 is 1.25 bits per heavy atom. The number of hydrogen-bond acceptors (Lipinski definition) is 3. The number of rotatable bonds is 7. The molecule has 0 aromatic rings. The lowest BCUT2D eigenvalue weighted by Gasteiger charge is -2.07. The number of aliphatic carboxylic acids is 1. The molecule has 0 aliphatic rings. The summed E-state index contributed by atoms with van der Waals surface area (Å²) in [5, 5.41) is 25.9. The molecule has 0 spiro atoms. The largest absolute Gasteiger partial charge is 0.481 e. The molecule has 0 bridgehead atoms. The maximum Gasteiger partial charge on any atom is 0.303 e. The van der Waals surface area contributed by atoms with Crippen LogP contribution < -0.4 is 0 Å². The maximum atomic E-state index is 10.1. The fraction of sp³-hybridized carbons (Fsp3) is 0.875. The second kappa shape index (κ2) is 7.06. The van der Waals surface area contributed by atoms with Gasteiger partial charge in [0.25, 0.3) is 0 Å². The van der Waals surface area contributed by atoms with E-state index in [0.29, 0.717) is 19.3 Å². The summed E-state index contributed by atoms with van der Waals surface area (Å²) in [5.41, 5.74) is 0. The van der Waals surface area contributed by atoms with E-state index in [1.807, 2.05) is 0 Å². The molecule has 0 aromatic carbocycles. The van der Waals surface area contributed by atoms with Gasteiger partial charge in [0.05, 0.1) is 6.10 Å². The van der Waals surface area contributed by atoms with Crippen molar-refractivity contribution in [2.24, 2.45) is 0 Å². The van der Waals surface area contributed by atoms with Gasteiger partial charge < -0.3 is 15.3 Å². The fourth-order valence-electron chi connectivity index (χ4n) is 0.926. The van der Waals surface area contributed by atoms with Crippen molar-refractivity contribution in [3.05, 3.63) is 0 Å². The third kappa shape index (κ3) is 7.50. The minimum atomic E-state index is -0.879. The quantitative estimate of drug-likeness (QED) is 0.490. The molecule has 0 aliphatic carbocycles. The molecular formula is C8H16O4. The van der Waals surface area contributed by atoms with E-state index in [2.05, 4.69) is 0 Å². The van der Waals surface area contributed by atoms with Crippen molar-refractivity contribution in [3.8, 4) is 0 Å². The Bertz CT molecular complexity index is 124. The molecule has 3 N–H and O–H groups in total. The molecular weight excluding hydrogens is 160 g/mol. The lowest BCUT2D eigenvalue weighted by Crippen LogP contribution is -2.09. The summed E-state index contributed by atoms with van der Waals surface area (Å²) >= 11 is 0. The van der Waals surface area contributed by atoms with Crippen LogP contribution in [0.3, 0.4) is 0 Å². The average molecular weight is 176 g/mol. The van der Waals surface area contributed by atoms with Crippen LogP contribution in [0.25, 0.3) is 0 Å². The average Bonchev–Trinajstić information content (AvgIpc) is 2.01. The Balaban J connectivity index is 3.21. The van der Waals surface area contributed by atoms with E-state index in [1.54, 1.807) is 0 Å². The molecule has 0 radical (unpaired) electrons. The Hall–Kier alpha value is -0.610. The summed E-state index contributed by atoms with van der Waals surface area (Å²) in [6.07, 6.45) is 1.78. The number of aliphatic hydroxyl groups excluding tert-OH is 2. The second-order valence-electron chi connectivity index (χ2n) is 2.81. The molecule has 4 heteroatoms. The van der Waals surface area contributed by atoms with E-state index in [4.69, 9.17) is 10.2 Å². The van der Waals surface area contributed by atoms with E-state index < -0.39 is 12.1 Å². The highest BCUT2D eigenvalue weighted by Gasteiger charge is 2.06. The number of carboxylic acids is 1. The molecule has 0 saturated carbocycles. The van der Waals surface area contributed by atoms with Crippen LogP contribution in [0.2, 0.25) is 0 Å². The molecule has 1 unspecified atom stereocenters. The van der Waals surface area contributed by atoms with Crippen LogP contribution in [-0.4, -0.2) is 34.0 Å². The van der Waals surface area contributed by atoms with Crippen LogP contribution in [0.1, 0.15) is 32.1 Å². The normalized spacial score (nSPS) is 12.8. The SMILES string of the molecule is O=C(O)CCC(O)CCCCO. The van der Waals surface area contributed by atoms with Gasteiger partial charge in [-0.1, -0.05) is 0 Å². The van der Waals surface area contributed by atoms with Gasteiger partial charge in [0, 0.05) is 13.0 Å². The Labute approximate surface area is 71.8 Å². The third-order valence-electron chi connectivity index (χ3n) is 1.64. The Kier molecular flexibility index (Phi) is 6.70. The third-order valence-corrected chi connectivity index (χ3v) is 1.64. The molecule has 4 nitrogen and oxygen atoms in total. The lowest BCUT2D eigenvalue weighted by atomic mass is 10.1. The molecule has 0 saturated heterocycles. The highest BCUT2D eigenvalue weighted by molar-refractivity contribution is 5.66. The van der Waals surface area contributed by atoms with Crippen LogP contribution in [0.4, 0.5) is 0 Å². The van der Waals surface area contributed by atoms with Gasteiger partial charge in [-0.15, -0.1) is 0 Å². The van der Waals surface area contributed by atoms with Gasteiger partial charge in [-0.3, -0.25) is 4.79 Å². The number of hydrogen-bond donors (Lipinski definition) is 3. The van der Waals surface area contributed by atoms with E-state index in [-0.39, 0.29) is 13.0 Å². The van der Waals surface area contributed by atoms with Gasteiger partial charge in [-0.2, -0.15) is 0 Å². The summed E-state index contributed by atoms with van der Waals surface area (Å²) in [7, 11) is 0. The fourth-order valence-corrected chi connectivity index (χ4v) is 0.926. The van der Waals surface area contributed by atoms with Crippen molar-refractivity contribution < 1.29 is 20.1 Å². The highest BCUT2D eigenvalue weighted by Crippen LogP contribution is 2.06. The monoisotopic (exact) mass is 176 g/mol. The molecule has 72 valence electrons. The van der Waals surface area contributed by atoms with Crippen LogP contribution in [0.5, 0.6) is 0 Å². The molecule has 0 heterocycles. The Morgan fingerprint density at radius 2 is 1.92 bits per heavy atom. The molecule has 0 amide bonds. The first kappa shape index (κ1) is 11.4. The number of aliphatic hydroxyl groups is 2. The summed E-state index contributed by atoms with van der Waals surface area (Å²) in [6.45, 7) is 0.131. The number of carbonyl (C=O) groups is 1. The van der Waals surface area contributed by atoms with E-state index >= 15 is 0 Å². The van der Waals surface area contributed by atoms with Crippen LogP contribution in [0, 0.1) is 0 Å². The first-order valence-electron chi connectivity index (χ1n) is 4.17. The van der Waals surface area contributed by atoms with Crippen LogP contribution >= 0.6 is 0 Å². The summed E-state index contributed by atoms with van der Waals surface area (Å²) in [4.78, 5) is 10.1. The highest BCUT2D eigenvalue weighted by atomic mass is 16.4. The zero-order valence-corrected chi connectivity index (χ0v) is 7.07. The van der Waals surface area contributed by atoms with Gasteiger partial charge >= 0.3 is 5.97 Å².